The second-order valence-electron chi connectivity index (χ2n) is 15.1. The van der Waals surface area contributed by atoms with Crippen LogP contribution in [0.4, 0.5) is 14.4 Å². The molecular formula is C53H68IN3O16. The molecule has 0 saturated carbocycles. The molecule has 0 aliphatic carbocycles. The molecule has 4 aromatic rings. The molecule has 73 heavy (non-hydrogen) atoms. The van der Waals surface area contributed by atoms with Crippen LogP contribution in [0.3, 0.4) is 0 Å². The van der Waals surface area contributed by atoms with Crippen molar-refractivity contribution in [2.24, 2.45) is 11.8 Å². The molecule has 0 aliphatic rings. The molecule has 0 heterocycles. The van der Waals surface area contributed by atoms with E-state index in [1.54, 1.807) is 19.9 Å². The van der Waals surface area contributed by atoms with Crippen LogP contribution in [0.25, 0.3) is 0 Å². The lowest BCUT2D eigenvalue weighted by molar-refractivity contribution is -0.465. The van der Waals surface area contributed by atoms with Gasteiger partial charge in [-0.1, -0.05) is 182 Å². The molecule has 20 heteroatoms. The van der Waals surface area contributed by atoms with Gasteiger partial charge in [0.15, 0.2) is 0 Å². The number of amides is 3. The lowest BCUT2D eigenvalue weighted by atomic mass is 9.98. The van der Waals surface area contributed by atoms with Gasteiger partial charge in [-0.3, -0.25) is 0 Å². The Hall–Kier alpha value is -7.14. The number of aldehydes is 1. The smallest absolute Gasteiger partial charge is 0.408 e. The number of alkyl halides is 1. The average molecular weight is 1130 g/mol. The number of allylic oxidation sites excluding steroid dienone is 2. The first kappa shape index (κ1) is 65.9. The summed E-state index contributed by atoms with van der Waals surface area (Å²) in [6.45, 7) is 12.9. The normalized spacial score (nSPS) is 11.7. The van der Waals surface area contributed by atoms with E-state index in [1.807, 2.05) is 134 Å². The quantitative estimate of drug-likeness (QED) is 0.00717. The predicted molar refractivity (Wildman–Crippen MR) is 280 cm³/mol. The number of alkyl carbamates (subject to hydrolysis) is 3. The first-order valence-electron chi connectivity index (χ1n) is 22.6. The summed E-state index contributed by atoms with van der Waals surface area (Å²) in [5.74, 6) is -2.13. The molecule has 19 nitrogen and oxygen atoms in total. The average Bonchev–Trinajstić information content (AvgIpc) is 3.42. The molecule has 398 valence electrons. The van der Waals surface area contributed by atoms with E-state index in [0.29, 0.717) is 19.1 Å². The van der Waals surface area contributed by atoms with Crippen LogP contribution in [0.2, 0.25) is 0 Å². The molecule has 0 unspecified atom stereocenters. The number of ether oxygens (including phenoxy) is 6. The van der Waals surface area contributed by atoms with E-state index >= 15 is 0 Å². The highest BCUT2D eigenvalue weighted by Crippen LogP contribution is 2.13. The zero-order valence-electron chi connectivity index (χ0n) is 41.7. The maximum absolute atomic E-state index is 12.4. The number of rotatable bonds is 22. The van der Waals surface area contributed by atoms with E-state index in [1.165, 1.54) is 14.2 Å². The molecule has 0 aromatic heterocycles. The molecule has 0 saturated heterocycles. The van der Waals surface area contributed by atoms with Gasteiger partial charge in [-0.2, -0.15) is 0 Å². The molecule has 3 amide bonds. The van der Waals surface area contributed by atoms with Gasteiger partial charge in [-0.15, -0.1) is 13.2 Å². The summed E-state index contributed by atoms with van der Waals surface area (Å²) in [5, 5.41) is 23.0. The summed E-state index contributed by atoms with van der Waals surface area (Å²) >= 11 is 2.23. The van der Waals surface area contributed by atoms with Gasteiger partial charge in [0, 0.05) is 10.8 Å². The van der Waals surface area contributed by atoms with Crippen LogP contribution in [0, 0.1) is 11.8 Å². The standard InChI is InChI=1S/C21H23NO5.C16H21NO4.C13H17NO4.C3H5I.H2O3/c1-16(12-13-23)19(20(24)26-14-17-8-4-2-5-9-17)22-21(25)27-15-18-10-6-3-7-11-18;1-4-8-12(2)14(15(18)20-3)17-16(19)21-11-13-9-6-5-7-10-13;1-3-11(12(15)17-2)14-13(16)18-9-10-7-5-4-6-8-10;1-2-3-4;1-3-2/h2-11,13,16,19H,12,14-15H2,1H3,(H,22,25);4-7,9-10,12,14H,1,8,11H2,2-3H3,(H,17,19);4-8,11H,3,9H2,1-2H3,(H,14,16);2H,1,3H2;1-2H/t16-,19-;12-,14-;11-;;/m000../s1. The second-order valence-corrected chi connectivity index (χ2v) is 16.0. The summed E-state index contributed by atoms with van der Waals surface area (Å²) in [6, 6.07) is 34.6. The number of halogens is 1. The van der Waals surface area contributed by atoms with Crippen LogP contribution in [-0.2, 0) is 79.1 Å². The van der Waals surface area contributed by atoms with Crippen molar-refractivity contribution in [3.05, 3.63) is 169 Å². The number of hydrogen-bond donors (Lipinski definition) is 5. The number of carbonyl (C=O) groups is 7. The van der Waals surface area contributed by atoms with Gasteiger partial charge in [0.1, 0.15) is 50.8 Å². The van der Waals surface area contributed by atoms with Gasteiger partial charge in [0.2, 0.25) is 0 Å². The van der Waals surface area contributed by atoms with E-state index in [0.717, 1.165) is 26.7 Å². The summed E-state index contributed by atoms with van der Waals surface area (Å²) < 4.78 is 30.9. The van der Waals surface area contributed by atoms with Crippen molar-refractivity contribution in [1.82, 2.24) is 16.0 Å². The fourth-order valence-electron chi connectivity index (χ4n) is 5.66. The third-order valence-electron chi connectivity index (χ3n) is 9.56. The second kappa shape index (κ2) is 42.5. The van der Waals surface area contributed by atoms with Crippen molar-refractivity contribution < 1.29 is 77.5 Å². The van der Waals surface area contributed by atoms with Crippen LogP contribution in [0.15, 0.2) is 147 Å². The molecular weight excluding hydrogens is 1060 g/mol. The van der Waals surface area contributed by atoms with Gasteiger partial charge in [0.05, 0.1) is 14.2 Å². The number of benzene rings is 4. The molecule has 5 N–H and O–H groups in total. The Morgan fingerprint density at radius 2 is 0.849 bits per heavy atom. The minimum atomic E-state index is -0.970. The van der Waals surface area contributed by atoms with Crippen LogP contribution >= 0.6 is 22.6 Å². The lowest BCUT2D eigenvalue weighted by Crippen LogP contribution is -2.46. The van der Waals surface area contributed by atoms with Gasteiger partial charge < -0.3 is 49.2 Å². The van der Waals surface area contributed by atoms with Crippen LogP contribution < -0.4 is 16.0 Å². The molecule has 0 fully saturated rings. The SMILES string of the molecule is C=CCI.C=CC[C@H](C)[C@H](NC(=O)OCc1ccccc1)C(=O)OC.CC[C@H](NC(=O)OCc1ccccc1)C(=O)OC.C[C@@H](CC=O)[C@H](NC(=O)OCc1ccccc1)C(=O)OCc1ccccc1.OOO. The third-order valence-corrected chi connectivity index (χ3v) is 10.2. The first-order valence-corrected chi connectivity index (χ1v) is 24.1. The Labute approximate surface area is 440 Å². The van der Waals surface area contributed by atoms with E-state index in [2.05, 4.69) is 61.5 Å². The van der Waals surface area contributed by atoms with Crippen molar-refractivity contribution in [3.63, 3.8) is 0 Å². The minimum Gasteiger partial charge on any atom is -0.467 e. The Kier molecular flexibility index (Phi) is 38.4. The molecule has 0 bridgehead atoms. The first-order chi connectivity index (χ1) is 35.2. The van der Waals surface area contributed by atoms with Crippen molar-refractivity contribution in [2.45, 2.75) is 84.6 Å². The van der Waals surface area contributed by atoms with Crippen LogP contribution in [-0.4, -0.2) is 89.8 Å². The highest BCUT2D eigenvalue weighted by Gasteiger charge is 2.29. The highest BCUT2D eigenvalue weighted by atomic mass is 127. The lowest BCUT2D eigenvalue weighted by Gasteiger charge is -2.22. The van der Waals surface area contributed by atoms with E-state index in [4.69, 9.17) is 34.2 Å². The zero-order chi connectivity index (χ0) is 54.7. The van der Waals surface area contributed by atoms with E-state index in [9.17, 15) is 33.6 Å². The molecule has 0 spiro atoms. The molecule has 5 atom stereocenters. The number of nitrogens with one attached hydrogen (secondary N) is 3. The number of hydrogen-bond acceptors (Lipinski definition) is 16. The predicted octanol–water partition coefficient (Wildman–Crippen LogP) is 9.34. The number of esters is 3. The number of carbonyl (C=O) groups excluding carboxylic acids is 7. The van der Waals surface area contributed by atoms with Crippen molar-refractivity contribution >= 4 is 65.1 Å². The summed E-state index contributed by atoms with van der Waals surface area (Å²) in [6.07, 6.45) is 3.40. The maximum atomic E-state index is 12.4. The largest absolute Gasteiger partial charge is 0.467 e. The number of methoxy groups -OCH3 is 2. The van der Waals surface area contributed by atoms with Crippen LogP contribution in [0.1, 0.15) is 62.3 Å². The van der Waals surface area contributed by atoms with Gasteiger partial charge >= 0.3 is 36.2 Å². The van der Waals surface area contributed by atoms with E-state index < -0.39 is 60.2 Å². The molecule has 0 aliphatic heterocycles. The molecule has 0 radical (unpaired) electrons. The van der Waals surface area contributed by atoms with Gasteiger partial charge in [-0.25, -0.2) is 39.3 Å². The van der Waals surface area contributed by atoms with Crippen molar-refractivity contribution in [3.8, 4) is 0 Å². The Balaban J connectivity index is 0.00000102. The van der Waals surface area contributed by atoms with Gasteiger partial charge in [-0.05, 0) is 46.9 Å². The summed E-state index contributed by atoms with van der Waals surface area (Å²) in [4.78, 5) is 81.6. The third kappa shape index (κ3) is 31.7. The molecule has 4 aromatic carbocycles. The van der Waals surface area contributed by atoms with E-state index in [-0.39, 0.29) is 38.8 Å². The van der Waals surface area contributed by atoms with Gasteiger partial charge in [0.25, 0.3) is 0 Å². The fourth-order valence-corrected chi connectivity index (χ4v) is 5.66. The highest BCUT2D eigenvalue weighted by molar-refractivity contribution is 14.1. The summed E-state index contributed by atoms with van der Waals surface area (Å²) in [5.41, 5.74) is 3.43. The Morgan fingerprint density at radius 1 is 0.534 bits per heavy atom. The fraction of sp³-hybridized carbons (Fsp3) is 0.340. The maximum Gasteiger partial charge on any atom is 0.408 e. The molecule has 4 rings (SSSR count). The topological polar surface area (TPSA) is 261 Å². The minimum absolute atomic E-state index is 0.0838. The van der Waals surface area contributed by atoms with Crippen molar-refractivity contribution in [1.29, 1.82) is 0 Å². The van der Waals surface area contributed by atoms with Crippen LogP contribution in [0.5, 0.6) is 0 Å². The summed E-state index contributed by atoms with van der Waals surface area (Å²) in [7, 11) is 2.56. The monoisotopic (exact) mass is 1130 g/mol. The van der Waals surface area contributed by atoms with Crippen molar-refractivity contribution in [2.75, 3.05) is 18.6 Å². The zero-order valence-corrected chi connectivity index (χ0v) is 43.9. The Bertz CT molecular complexity index is 2160. The Morgan fingerprint density at radius 3 is 1.15 bits per heavy atom.